The lowest BCUT2D eigenvalue weighted by atomic mass is 10.1. The Labute approximate surface area is 109 Å². The lowest BCUT2D eigenvalue weighted by Crippen LogP contribution is -2.28. The summed E-state index contributed by atoms with van der Waals surface area (Å²) in [5, 5.41) is 3.45. The van der Waals surface area contributed by atoms with Crippen molar-refractivity contribution in [2.75, 3.05) is 32.7 Å². The van der Waals surface area contributed by atoms with Gasteiger partial charge < -0.3 is 14.8 Å². The van der Waals surface area contributed by atoms with Gasteiger partial charge in [-0.15, -0.1) is 0 Å². The van der Waals surface area contributed by atoms with Gasteiger partial charge in [0.15, 0.2) is 0 Å². The van der Waals surface area contributed by atoms with Crippen LogP contribution in [0.1, 0.15) is 43.8 Å². The Bertz CT molecular complexity index is 375. The van der Waals surface area contributed by atoms with Crippen molar-refractivity contribution >= 4 is 0 Å². The number of nitrogens with one attached hydrogen (secondary N) is 1. The van der Waals surface area contributed by atoms with Crippen LogP contribution < -0.4 is 5.32 Å². The molecule has 3 rings (SSSR count). The van der Waals surface area contributed by atoms with Crippen LogP contribution in [0.5, 0.6) is 0 Å². The molecule has 0 aliphatic carbocycles. The fourth-order valence-corrected chi connectivity index (χ4v) is 3.33. The Hall–Kier alpha value is -0.870. The van der Waals surface area contributed by atoms with Gasteiger partial charge in [-0.2, -0.15) is 0 Å². The summed E-state index contributed by atoms with van der Waals surface area (Å²) >= 11 is 0. The molecule has 3 heterocycles. The van der Waals surface area contributed by atoms with Crippen LogP contribution in [-0.4, -0.2) is 47.2 Å². The van der Waals surface area contributed by atoms with E-state index >= 15 is 0 Å². The van der Waals surface area contributed by atoms with Crippen molar-refractivity contribution in [1.82, 2.24) is 19.8 Å². The molecule has 100 valence electrons. The topological polar surface area (TPSA) is 33.1 Å². The van der Waals surface area contributed by atoms with E-state index in [1.807, 2.05) is 6.33 Å². The number of nitrogens with zero attached hydrogens (tertiary/aromatic N) is 3. The molecule has 2 atom stereocenters. The molecule has 0 bridgehead atoms. The van der Waals surface area contributed by atoms with Gasteiger partial charge in [-0.05, 0) is 45.8 Å². The Morgan fingerprint density at radius 2 is 2.28 bits per heavy atom. The van der Waals surface area contributed by atoms with Crippen LogP contribution in [0, 0.1) is 0 Å². The van der Waals surface area contributed by atoms with Crippen molar-refractivity contribution < 1.29 is 0 Å². The van der Waals surface area contributed by atoms with Crippen LogP contribution in [0.15, 0.2) is 12.5 Å². The van der Waals surface area contributed by atoms with E-state index in [9.17, 15) is 0 Å². The summed E-state index contributed by atoms with van der Waals surface area (Å²) in [5.74, 6) is 0.661. The van der Waals surface area contributed by atoms with E-state index < -0.39 is 0 Å². The van der Waals surface area contributed by atoms with Gasteiger partial charge in [0.05, 0.1) is 6.33 Å². The van der Waals surface area contributed by atoms with E-state index in [0.29, 0.717) is 12.0 Å². The quantitative estimate of drug-likeness (QED) is 0.879. The van der Waals surface area contributed by atoms with E-state index in [2.05, 4.69) is 32.9 Å². The standard InChI is InChI=1S/C14H24N4/c1-12(10-17-6-2-3-7-17)18-11-16-9-14(18)13-4-5-15-8-13/h9,11-13,15H,2-8,10H2,1H3. The maximum atomic E-state index is 4.38. The Balaban J connectivity index is 1.68. The van der Waals surface area contributed by atoms with E-state index in [0.717, 1.165) is 13.1 Å². The number of likely N-dealkylation sites (tertiary alicyclic amines) is 1. The van der Waals surface area contributed by atoms with Crippen LogP contribution in [0.3, 0.4) is 0 Å². The third-order valence-corrected chi connectivity index (χ3v) is 4.37. The zero-order valence-corrected chi connectivity index (χ0v) is 11.3. The molecule has 0 saturated carbocycles. The van der Waals surface area contributed by atoms with E-state index in [1.165, 1.54) is 44.6 Å². The molecule has 2 fully saturated rings. The zero-order chi connectivity index (χ0) is 12.4. The zero-order valence-electron chi connectivity index (χ0n) is 11.3. The minimum Gasteiger partial charge on any atom is -0.330 e. The van der Waals surface area contributed by atoms with Crippen LogP contribution in [0.2, 0.25) is 0 Å². The van der Waals surface area contributed by atoms with Gasteiger partial charge in [0.1, 0.15) is 0 Å². The van der Waals surface area contributed by atoms with Crippen LogP contribution >= 0.6 is 0 Å². The predicted octanol–water partition coefficient (Wildman–Crippen LogP) is 1.62. The first-order valence-corrected chi connectivity index (χ1v) is 7.29. The highest BCUT2D eigenvalue weighted by Crippen LogP contribution is 2.25. The maximum Gasteiger partial charge on any atom is 0.0951 e. The summed E-state index contributed by atoms with van der Waals surface area (Å²) in [6.07, 6.45) is 8.08. The first-order valence-electron chi connectivity index (χ1n) is 7.29. The van der Waals surface area contributed by atoms with Crippen molar-refractivity contribution in [2.24, 2.45) is 0 Å². The summed E-state index contributed by atoms with van der Waals surface area (Å²) < 4.78 is 2.40. The summed E-state index contributed by atoms with van der Waals surface area (Å²) in [6, 6.07) is 0.543. The second-order valence-electron chi connectivity index (χ2n) is 5.77. The van der Waals surface area contributed by atoms with E-state index in [1.54, 1.807) is 0 Å². The number of hydrogen-bond donors (Lipinski definition) is 1. The number of imidazole rings is 1. The van der Waals surface area contributed by atoms with Gasteiger partial charge in [-0.3, -0.25) is 0 Å². The van der Waals surface area contributed by atoms with Crippen molar-refractivity contribution in [1.29, 1.82) is 0 Å². The van der Waals surface area contributed by atoms with Crippen molar-refractivity contribution in [3.05, 3.63) is 18.2 Å². The highest BCUT2D eigenvalue weighted by atomic mass is 15.2. The van der Waals surface area contributed by atoms with E-state index in [4.69, 9.17) is 0 Å². The van der Waals surface area contributed by atoms with Gasteiger partial charge in [0.25, 0.3) is 0 Å². The smallest absolute Gasteiger partial charge is 0.0951 e. The second kappa shape index (κ2) is 5.41. The first kappa shape index (κ1) is 12.2. The molecule has 0 aromatic carbocycles. The van der Waals surface area contributed by atoms with Crippen LogP contribution in [0.4, 0.5) is 0 Å². The first-order chi connectivity index (χ1) is 8.84. The molecule has 1 aromatic rings. The predicted molar refractivity (Wildman–Crippen MR) is 72.8 cm³/mol. The molecular formula is C14H24N4. The Morgan fingerprint density at radius 1 is 1.44 bits per heavy atom. The largest absolute Gasteiger partial charge is 0.330 e. The van der Waals surface area contributed by atoms with Crippen molar-refractivity contribution in [3.63, 3.8) is 0 Å². The molecule has 2 aliphatic heterocycles. The molecule has 0 amide bonds. The summed E-state index contributed by atoms with van der Waals surface area (Å²) in [5.41, 5.74) is 1.42. The second-order valence-corrected chi connectivity index (χ2v) is 5.77. The number of aromatic nitrogens is 2. The summed E-state index contributed by atoms with van der Waals surface area (Å²) in [4.78, 5) is 6.96. The molecule has 0 radical (unpaired) electrons. The minimum absolute atomic E-state index is 0.543. The molecule has 4 heteroatoms. The lowest BCUT2D eigenvalue weighted by molar-refractivity contribution is 0.284. The lowest BCUT2D eigenvalue weighted by Gasteiger charge is -2.24. The summed E-state index contributed by atoms with van der Waals surface area (Å²) in [7, 11) is 0. The van der Waals surface area contributed by atoms with Crippen LogP contribution in [0.25, 0.3) is 0 Å². The van der Waals surface area contributed by atoms with Gasteiger partial charge in [0.2, 0.25) is 0 Å². The molecule has 2 saturated heterocycles. The molecule has 0 spiro atoms. The maximum absolute atomic E-state index is 4.38. The van der Waals surface area contributed by atoms with Crippen molar-refractivity contribution in [2.45, 2.75) is 38.1 Å². The molecule has 1 aromatic heterocycles. The van der Waals surface area contributed by atoms with Crippen molar-refractivity contribution in [3.8, 4) is 0 Å². The third kappa shape index (κ3) is 2.45. The minimum atomic E-state index is 0.543. The fourth-order valence-electron chi connectivity index (χ4n) is 3.33. The normalized spacial score (nSPS) is 26.8. The Kier molecular flexibility index (Phi) is 3.66. The average molecular weight is 248 g/mol. The third-order valence-electron chi connectivity index (χ3n) is 4.37. The summed E-state index contributed by atoms with van der Waals surface area (Å²) in [6.45, 7) is 8.31. The molecule has 4 nitrogen and oxygen atoms in total. The molecule has 18 heavy (non-hydrogen) atoms. The van der Waals surface area contributed by atoms with E-state index in [-0.39, 0.29) is 0 Å². The number of rotatable bonds is 4. The van der Waals surface area contributed by atoms with Crippen LogP contribution in [-0.2, 0) is 0 Å². The average Bonchev–Trinajstić information content (AvgIpc) is 3.11. The Morgan fingerprint density at radius 3 is 3.00 bits per heavy atom. The molecule has 1 N–H and O–H groups in total. The SMILES string of the molecule is CC(CN1CCCC1)n1cncc1C1CCNC1. The fraction of sp³-hybridized carbons (Fsp3) is 0.786. The molecular weight excluding hydrogens is 224 g/mol. The molecule has 2 aliphatic rings. The highest BCUT2D eigenvalue weighted by molar-refractivity contribution is 5.10. The highest BCUT2D eigenvalue weighted by Gasteiger charge is 2.23. The monoisotopic (exact) mass is 248 g/mol. The van der Waals surface area contributed by atoms with Gasteiger partial charge >= 0.3 is 0 Å². The van der Waals surface area contributed by atoms with Gasteiger partial charge in [-0.25, -0.2) is 4.98 Å². The number of hydrogen-bond acceptors (Lipinski definition) is 3. The van der Waals surface area contributed by atoms with Gasteiger partial charge in [-0.1, -0.05) is 0 Å². The van der Waals surface area contributed by atoms with Gasteiger partial charge in [0, 0.05) is 36.9 Å². The molecule has 2 unspecified atom stereocenters.